The normalized spacial score (nSPS) is 17.7. The van der Waals surface area contributed by atoms with Gasteiger partial charge in [0.1, 0.15) is 0 Å². The predicted octanol–water partition coefficient (Wildman–Crippen LogP) is 3.28. The van der Waals surface area contributed by atoms with Gasteiger partial charge in [0.05, 0.1) is 0 Å². The Balaban J connectivity index is 0.00000162. The number of benzene rings is 1. The van der Waals surface area contributed by atoms with Gasteiger partial charge < -0.3 is 10.6 Å². The molecule has 1 heterocycles. The molecular formula is C15H26Cl2N2. The van der Waals surface area contributed by atoms with Crippen LogP contribution < -0.4 is 5.73 Å². The van der Waals surface area contributed by atoms with Crippen molar-refractivity contribution in [1.82, 2.24) is 4.90 Å². The van der Waals surface area contributed by atoms with Crippen LogP contribution in [0.1, 0.15) is 31.2 Å². The van der Waals surface area contributed by atoms with Gasteiger partial charge in [0, 0.05) is 12.6 Å². The van der Waals surface area contributed by atoms with E-state index in [1.807, 2.05) is 0 Å². The summed E-state index contributed by atoms with van der Waals surface area (Å²) in [5.74, 6) is 0. The van der Waals surface area contributed by atoms with Crippen LogP contribution in [0.25, 0.3) is 0 Å². The van der Waals surface area contributed by atoms with Crippen molar-refractivity contribution in [1.29, 1.82) is 0 Å². The van der Waals surface area contributed by atoms with Crippen molar-refractivity contribution in [2.75, 3.05) is 19.6 Å². The highest BCUT2D eigenvalue weighted by Gasteiger charge is 2.12. The molecule has 0 radical (unpaired) electrons. The van der Waals surface area contributed by atoms with E-state index in [0.717, 1.165) is 13.0 Å². The van der Waals surface area contributed by atoms with Gasteiger partial charge in [-0.3, -0.25) is 0 Å². The fourth-order valence-corrected chi connectivity index (χ4v) is 2.63. The lowest BCUT2D eigenvalue weighted by atomic mass is 10.1. The molecule has 1 aromatic rings. The highest BCUT2D eigenvalue weighted by molar-refractivity contribution is 5.85. The van der Waals surface area contributed by atoms with Crippen LogP contribution in [0.3, 0.4) is 0 Å². The minimum Gasteiger partial charge on any atom is -0.326 e. The van der Waals surface area contributed by atoms with Gasteiger partial charge in [-0.2, -0.15) is 0 Å². The minimum atomic E-state index is 0. The molecule has 2 nitrogen and oxygen atoms in total. The summed E-state index contributed by atoms with van der Waals surface area (Å²) in [6.07, 6.45) is 6.47. The van der Waals surface area contributed by atoms with Gasteiger partial charge in [0.15, 0.2) is 0 Å². The second-order valence-corrected chi connectivity index (χ2v) is 5.16. The molecular weight excluding hydrogens is 279 g/mol. The van der Waals surface area contributed by atoms with Crippen LogP contribution in [0.5, 0.6) is 0 Å². The summed E-state index contributed by atoms with van der Waals surface area (Å²) >= 11 is 0. The first-order valence-electron chi connectivity index (χ1n) is 6.86. The van der Waals surface area contributed by atoms with Crippen molar-refractivity contribution in [3.05, 3.63) is 35.9 Å². The van der Waals surface area contributed by atoms with Gasteiger partial charge in [-0.15, -0.1) is 24.8 Å². The molecule has 1 unspecified atom stereocenters. The number of hydrogen-bond donors (Lipinski definition) is 1. The van der Waals surface area contributed by atoms with Gasteiger partial charge in [0.25, 0.3) is 0 Å². The van der Waals surface area contributed by atoms with Crippen LogP contribution in [0, 0.1) is 0 Å². The van der Waals surface area contributed by atoms with E-state index in [1.165, 1.54) is 44.3 Å². The van der Waals surface area contributed by atoms with E-state index in [2.05, 4.69) is 35.2 Å². The Morgan fingerprint density at radius 2 is 1.53 bits per heavy atom. The van der Waals surface area contributed by atoms with Gasteiger partial charge in [-0.25, -0.2) is 0 Å². The smallest absolute Gasteiger partial charge is 0.0208 e. The lowest BCUT2D eigenvalue weighted by Crippen LogP contribution is -2.39. The fourth-order valence-electron chi connectivity index (χ4n) is 2.63. The van der Waals surface area contributed by atoms with E-state index in [9.17, 15) is 0 Å². The lowest BCUT2D eigenvalue weighted by molar-refractivity contribution is 0.266. The number of nitrogens with zero attached hydrogens (tertiary/aromatic N) is 1. The summed E-state index contributed by atoms with van der Waals surface area (Å²) in [7, 11) is 0. The SMILES string of the molecule is Cl.Cl.NC(Cc1ccccc1)CN1CCCCCC1. The summed E-state index contributed by atoms with van der Waals surface area (Å²) in [5.41, 5.74) is 7.60. The third-order valence-corrected chi connectivity index (χ3v) is 3.53. The Morgan fingerprint density at radius 3 is 2.11 bits per heavy atom. The quantitative estimate of drug-likeness (QED) is 0.925. The number of halogens is 2. The Kier molecular flexibility index (Phi) is 10.3. The Bertz CT molecular complexity index is 311. The maximum atomic E-state index is 6.25. The van der Waals surface area contributed by atoms with Gasteiger partial charge in [-0.05, 0) is 37.9 Å². The molecule has 1 atom stereocenters. The maximum Gasteiger partial charge on any atom is 0.0208 e. The average Bonchev–Trinajstić information content (AvgIpc) is 2.59. The topological polar surface area (TPSA) is 29.3 Å². The second-order valence-electron chi connectivity index (χ2n) is 5.16. The molecule has 0 aliphatic carbocycles. The molecule has 1 aliphatic rings. The summed E-state index contributed by atoms with van der Waals surface area (Å²) in [6.45, 7) is 3.53. The zero-order valence-corrected chi connectivity index (χ0v) is 13.1. The van der Waals surface area contributed by atoms with Crippen molar-refractivity contribution in [3.63, 3.8) is 0 Å². The largest absolute Gasteiger partial charge is 0.326 e. The summed E-state index contributed by atoms with van der Waals surface area (Å²) < 4.78 is 0. The van der Waals surface area contributed by atoms with Gasteiger partial charge >= 0.3 is 0 Å². The molecule has 1 aromatic carbocycles. The highest BCUT2D eigenvalue weighted by atomic mass is 35.5. The van der Waals surface area contributed by atoms with Crippen LogP contribution in [-0.4, -0.2) is 30.6 Å². The summed E-state index contributed by atoms with van der Waals surface area (Å²) in [5, 5.41) is 0. The van der Waals surface area contributed by atoms with Crippen LogP contribution in [-0.2, 0) is 6.42 Å². The lowest BCUT2D eigenvalue weighted by Gasteiger charge is -2.23. The summed E-state index contributed by atoms with van der Waals surface area (Å²) in [6, 6.07) is 10.9. The number of nitrogens with two attached hydrogens (primary N) is 1. The molecule has 110 valence electrons. The third-order valence-electron chi connectivity index (χ3n) is 3.53. The summed E-state index contributed by atoms with van der Waals surface area (Å²) in [4.78, 5) is 2.54. The first-order valence-corrected chi connectivity index (χ1v) is 6.86. The predicted molar refractivity (Wildman–Crippen MR) is 87.5 cm³/mol. The number of rotatable bonds is 4. The van der Waals surface area contributed by atoms with Crippen LogP contribution in [0.15, 0.2) is 30.3 Å². The van der Waals surface area contributed by atoms with Crippen LogP contribution >= 0.6 is 24.8 Å². The highest BCUT2D eigenvalue weighted by Crippen LogP contribution is 2.10. The van der Waals surface area contributed by atoms with Crippen LogP contribution in [0.4, 0.5) is 0 Å². The number of likely N-dealkylation sites (tertiary alicyclic amines) is 1. The van der Waals surface area contributed by atoms with E-state index in [0.29, 0.717) is 0 Å². The van der Waals surface area contributed by atoms with E-state index in [4.69, 9.17) is 5.73 Å². The van der Waals surface area contributed by atoms with E-state index >= 15 is 0 Å². The van der Waals surface area contributed by atoms with Crippen molar-refractivity contribution in [3.8, 4) is 0 Å². The Labute approximate surface area is 129 Å². The average molecular weight is 305 g/mol. The molecule has 0 amide bonds. The molecule has 0 saturated carbocycles. The molecule has 4 heteroatoms. The molecule has 0 spiro atoms. The molecule has 2 N–H and O–H groups in total. The van der Waals surface area contributed by atoms with E-state index < -0.39 is 0 Å². The Hall–Kier alpha value is -0.280. The van der Waals surface area contributed by atoms with Gasteiger partial charge in [-0.1, -0.05) is 43.2 Å². The molecule has 1 fully saturated rings. The third kappa shape index (κ3) is 7.17. The van der Waals surface area contributed by atoms with Crippen molar-refractivity contribution < 1.29 is 0 Å². The Morgan fingerprint density at radius 1 is 0.947 bits per heavy atom. The minimum absolute atomic E-state index is 0. The van der Waals surface area contributed by atoms with Crippen molar-refractivity contribution in [2.45, 2.75) is 38.1 Å². The van der Waals surface area contributed by atoms with E-state index in [1.54, 1.807) is 0 Å². The fraction of sp³-hybridized carbons (Fsp3) is 0.600. The standard InChI is InChI=1S/C15H24N2.2ClH/c16-15(12-14-8-4-3-5-9-14)13-17-10-6-1-2-7-11-17;;/h3-5,8-9,15H,1-2,6-7,10-13,16H2;2*1H. The molecule has 1 aliphatic heterocycles. The molecule has 2 rings (SSSR count). The van der Waals surface area contributed by atoms with Crippen molar-refractivity contribution >= 4 is 24.8 Å². The van der Waals surface area contributed by atoms with Crippen LogP contribution in [0.2, 0.25) is 0 Å². The first-order chi connectivity index (χ1) is 8.34. The molecule has 1 saturated heterocycles. The van der Waals surface area contributed by atoms with Gasteiger partial charge in [0.2, 0.25) is 0 Å². The molecule has 0 aromatic heterocycles. The maximum absolute atomic E-state index is 6.25. The van der Waals surface area contributed by atoms with E-state index in [-0.39, 0.29) is 30.9 Å². The monoisotopic (exact) mass is 304 g/mol. The molecule has 0 bridgehead atoms. The molecule has 19 heavy (non-hydrogen) atoms. The van der Waals surface area contributed by atoms with Crippen molar-refractivity contribution in [2.24, 2.45) is 5.73 Å². The second kappa shape index (κ2) is 10.5. The number of hydrogen-bond acceptors (Lipinski definition) is 2. The zero-order chi connectivity index (χ0) is 11.9. The first kappa shape index (κ1) is 18.7. The zero-order valence-electron chi connectivity index (χ0n) is 11.5.